The van der Waals surface area contributed by atoms with Crippen molar-refractivity contribution in [1.29, 1.82) is 0 Å². The lowest BCUT2D eigenvalue weighted by molar-refractivity contribution is -0.384. The Balaban J connectivity index is 2.57. The highest BCUT2D eigenvalue weighted by molar-refractivity contribution is 6.02. The molecule has 0 aliphatic heterocycles. The third-order valence-electron chi connectivity index (χ3n) is 2.75. The number of hydrogen-bond acceptors (Lipinski definition) is 5. The van der Waals surface area contributed by atoms with Gasteiger partial charge in [0.2, 0.25) is 6.41 Å². The second kappa shape index (κ2) is 5.78. The van der Waals surface area contributed by atoms with Gasteiger partial charge in [0.25, 0.3) is 5.69 Å². The molecule has 1 aromatic heterocycles. The summed E-state index contributed by atoms with van der Waals surface area (Å²) >= 11 is 0. The number of non-ortho nitro benzene ring substituents is 1. The Labute approximate surface area is 118 Å². The molecule has 21 heavy (non-hydrogen) atoms. The highest BCUT2D eigenvalue weighted by Crippen LogP contribution is 2.29. The fourth-order valence-electron chi connectivity index (χ4n) is 1.85. The van der Waals surface area contributed by atoms with E-state index in [1.165, 1.54) is 36.5 Å². The van der Waals surface area contributed by atoms with Crippen molar-refractivity contribution >= 4 is 23.9 Å². The van der Waals surface area contributed by atoms with Gasteiger partial charge in [0.05, 0.1) is 4.92 Å². The largest absolute Gasteiger partial charge is 0.478 e. The predicted molar refractivity (Wildman–Crippen MR) is 73.0 cm³/mol. The average Bonchev–Trinajstić information content (AvgIpc) is 2.47. The van der Waals surface area contributed by atoms with Crippen LogP contribution < -0.4 is 5.32 Å². The maximum absolute atomic E-state index is 11.4. The van der Waals surface area contributed by atoms with Crippen LogP contribution in [-0.4, -0.2) is 27.4 Å². The molecule has 106 valence electrons. The molecular formula is C13H9N3O5. The van der Waals surface area contributed by atoms with E-state index >= 15 is 0 Å². The number of nitrogens with one attached hydrogen (secondary N) is 1. The monoisotopic (exact) mass is 287 g/mol. The zero-order chi connectivity index (χ0) is 15.4. The number of rotatable bonds is 5. The summed E-state index contributed by atoms with van der Waals surface area (Å²) in [4.78, 5) is 35.7. The first-order valence-corrected chi connectivity index (χ1v) is 5.72. The molecule has 0 saturated carbocycles. The van der Waals surface area contributed by atoms with Gasteiger partial charge in [-0.1, -0.05) is 0 Å². The standard InChI is InChI=1S/C13H9N3O5/c17-7-15-12-11(13(18)19)10(5-6-14-12)8-1-3-9(4-2-8)16(20)21/h1-7H,(H,18,19)(H,14,15,17). The number of carboxylic acid groups (broad SMARTS) is 1. The Bertz CT molecular complexity index is 712. The highest BCUT2D eigenvalue weighted by Gasteiger charge is 2.18. The summed E-state index contributed by atoms with van der Waals surface area (Å²) in [6.45, 7) is 0. The van der Waals surface area contributed by atoms with Crippen molar-refractivity contribution in [2.24, 2.45) is 0 Å². The topological polar surface area (TPSA) is 122 Å². The average molecular weight is 287 g/mol. The molecule has 1 amide bonds. The molecule has 2 aromatic rings. The predicted octanol–water partition coefficient (Wildman–Crippen LogP) is 1.92. The van der Waals surface area contributed by atoms with Crippen molar-refractivity contribution in [3.8, 4) is 11.1 Å². The van der Waals surface area contributed by atoms with Gasteiger partial charge in [-0.25, -0.2) is 9.78 Å². The summed E-state index contributed by atoms with van der Waals surface area (Å²) in [6, 6.07) is 6.87. The van der Waals surface area contributed by atoms with Crippen LogP contribution in [0.4, 0.5) is 11.5 Å². The number of carboxylic acids is 1. The van der Waals surface area contributed by atoms with E-state index in [-0.39, 0.29) is 17.1 Å². The molecule has 2 N–H and O–H groups in total. The van der Waals surface area contributed by atoms with E-state index in [4.69, 9.17) is 0 Å². The van der Waals surface area contributed by atoms with Gasteiger partial charge in [0.1, 0.15) is 11.4 Å². The summed E-state index contributed by atoms with van der Waals surface area (Å²) in [5, 5.41) is 22.1. The lowest BCUT2D eigenvalue weighted by atomic mass is 10.0. The van der Waals surface area contributed by atoms with Gasteiger partial charge in [-0.2, -0.15) is 0 Å². The zero-order valence-electron chi connectivity index (χ0n) is 10.5. The maximum atomic E-state index is 11.4. The van der Waals surface area contributed by atoms with Gasteiger partial charge in [0.15, 0.2) is 0 Å². The minimum atomic E-state index is -1.26. The van der Waals surface area contributed by atoms with Gasteiger partial charge >= 0.3 is 5.97 Å². The van der Waals surface area contributed by atoms with Crippen molar-refractivity contribution < 1.29 is 19.6 Å². The smallest absolute Gasteiger partial charge is 0.340 e. The molecule has 8 nitrogen and oxygen atoms in total. The Kier molecular flexibility index (Phi) is 3.89. The first kappa shape index (κ1) is 14.1. The molecule has 0 saturated heterocycles. The molecule has 0 aliphatic rings. The number of carbonyl (C=O) groups excluding carboxylic acids is 1. The Morgan fingerprint density at radius 3 is 2.48 bits per heavy atom. The van der Waals surface area contributed by atoms with Crippen LogP contribution in [-0.2, 0) is 4.79 Å². The summed E-state index contributed by atoms with van der Waals surface area (Å²) in [5.74, 6) is -1.35. The van der Waals surface area contributed by atoms with E-state index in [2.05, 4.69) is 10.3 Å². The fraction of sp³-hybridized carbons (Fsp3) is 0. The highest BCUT2D eigenvalue weighted by atomic mass is 16.6. The molecule has 0 atom stereocenters. The molecule has 1 aromatic carbocycles. The maximum Gasteiger partial charge on any atom is 0.340 e. The third-order valence-corrected chi connectivity index (χ3v) is 2.75. The van der Waals surface area contributed by atoms with E-state index in [9.17, 15) is 24.8 Å². The second-order valence-electron chi connectivity index (χ2n) is 3.95. The zero-order valence-corrected chi connectivity index (χ0v) is 10.5. The first-order valence-electron chi connectivity index (χ1n) is 5.72. The van der Waals surface area contributed by atoms with Crippen molar-refractivity contribution in [1.82, 2.24) is 4.98 Å². The van der Waals surface area contributed by atoms with Crippen molar-refractivity contribution in [3.05, 3.63) is 52.2 Å². The van der Waals surface area contributed by atoms with Crippen molar-refractivity contribution in [2.75, 3.05) is 5.32 Å². The van der Waals surface area contributed by atoms with Crippen LogP contribution in [0.15, 0.2) is 36.5 Å². The summed E-state index contributed by atoms with van der Waals surface area (Å²) in [6.07, 6.45) is 1.67. The number of benzene rings is 1. The lowest BCUT2D eigenvalue weighted by Crippen LogP contribution is -2.08. The Morgan fingerprint density at radius 1 is 1.29 bits per heavy atom. The third kappa shape index (κ3) is 2.84. The second-order valence-corrected chi connectivity index (χ2v) is 3.95. The van der Waals surface area contributed by atoms with Crippen LogP contribution in [0.5, 0.6) is 0 Å². The molecule has 0 bridgehead atoms. The Morgan fingerprint density at radius 2 is 1.95 bits per heavy atom. The van der Waals surface area contributed by atoms with Crippen LogP contribution >= 0.6 is 0 Å². The number of amides is 1. The van der Waals surface area contributed by atoms with Crippen molar-refractivity contribution in [2.45, 2.75) is 0 Å². The van der Waals surface area contributed by atoms with Gasteiger partial charge < -0.3 is 10.4 Å². The minimum absolute atomic E-state index is 0.0895. The number of aromatic carboxylic acids is 1. The fourth-order valence-corrected chi connectivity index (χ4v) is 1.85. The van der Waals surface area contributed by atoms with Crippen LogP contribution in [0.25, 0.3) is 11.1 Å². The summed E-state index contributed by atoms with van der Waals surface area (Å²) in [7, 11) is 0. The van der Waals surface area contributed by atoms with E-state index in [1.54, 1.807) is 0 Å². The molecule has 8 heteroatoms. The number of pyridine rings is 1. The number of nitrogens with zero attached hydrogens (tertiary/aromatic N) is 2. The molecule has 0 aliphatic carbocycles. The number of nitro groups is 1. The van der Waals surface area contributed by atoms with Gasteiger partial charge in [0, 0.05) is 23.9 Å². The summed E-state index contributed by atoms with van der Waals surface area (Å²) in [5.41, 5.74) is 0.487. The number of carbonyl (C=O) groups is 2. The van der Waals surface area contributed by atoms with Crippen LogP contribution in [0, 0.1) is 10.1 Å². The molecule has 0 fully saturated rings. The molecule has 0 unspecified atom stereocenters. The van der Waals surface area contributed by atoms with Crippen LogP contribution in [0.3, 0.4) is 0 Å². The van der Waals surface area contributed by atoms with E-state index in [1.807, 2.05) is 0 Å². The number of hydrogen-bond donors (Lipinski definition) is 2. The minimum Gasteiger partial charge on any atom is -0.478 e. The lowest BCUT2D eigenvalue weighted by Gasteiger charge is -2.09. The normalized spacial score (nSPS) is 9.90. The Hall–Kier alpha value is -3.29. The molecule has 2 rings (SSSR count). The number of aromatic nitrogens is 1. The quantitative estimate of drug-likeness (QED) is 0.492. The van der Waals surface area contributed by atoms with Gasteiger partial charge in [-0.05, 0) is 23.8 Å². The van der Waals surface area contributed by atoms with Crippen molar-refractivity contribution in [3.63, 3.8) is 0 Å². The first-order chi connectivity index (χ1) is 10.0. The van der Waals surface area contributed by atoms with Crippen LogP contribution in [0.2, 0.25) is 0 Å². The number of anilines is 1. The van der Waals surface area contributed by atoms with Gasteiger partial charge in [-0.15, -0.1) is 0 Å². The van der Waals surface area contributed by atoms with E-state index < -0.39 is 10.9 Å². The van der Waals surface area contributed by atoms with Crippen LogP contribution in [0.1, 0.15) is 10.4 Å². The van der Waals surface area contributed by atoms with E-state index in [0.29, 0.717) is 17.5 Å². The van der Waals surface area contributed by atoms with Gasteiger partial charge in [-0.3, -0.25) is 14.9 Å². The number of nitro benzene ring substituents is 1. The molecule has 1 heterocycles. The molecular weight excluding hydrogens is 278 g/mol. The van der Waals surface area contributed by atoms with E-state index in [0.717, 1.165) is 0 Å². The molecule has 0 radical (unpaired) electrons. The summed E-state index contributed by atoms with van der Waals surface area (Å²) < 4.78 is 0. The molecule has 0 spiro atoms. The SMILES string of the molecule is O=CNc1nccc(-c2ccc([N+](=O)[O-])cc2)c1C(=O)O.